The average molecular weight is 318 g/mol. The van der Waals surface area contributed by atoms with Crippen LogP contribution in [0.5, 0.6) is 5.88 Å². The summed E-state index contributed by atoms with van der Waals surface area (Å²) < 4.78 is 6.00. The molecular formula is C16H22N4OS. The second-order valence-corrected chi connectivity index (χ2v) is 6.90. The standard InChI is InChI=1S/C16H22N4OS/c1-10-14-7-13(21-16(14)19-12(3)18-10)8-20(4)6-5-15-11(2)17-9-22-15/h9,13H,5-8H2,1-4H3/t13-/m0/s1. The minimum Gasteiger partial charge on any atom is -0.472 e. The van der Waals surface area contributed by atoms with Crippen molar-refractivity contribution in [2.75, 3.05) is 20.1 Å². The molecule has 0 aliphatic carbocycles. The zero-order chi connectivity index (χ0) is 15.7. The first kappa shape index (κ1) is 15.4. The van der Waals surface area contributed by atoms with Crippen LogP contribution >= 0.6 is 11.3 Å². The second-order valence-electron chi connectivity index (χ2n) is 5.96. The van der Waals surface area contributed by atoms with Crippen LogP contribution in [0.4, 0.5) is 0 Å². The summed E-state index contributed by atoms with van der Waals surface area (Å²) in [5, 5.41) is 0. The van der Waals surface area contributed by atoms with Crippen molar-refractivity contribution in [2.24, 2.45) is 0 Å². The molecule has 0 saturated carbocycles. The molecule has 22 heavy (non-hydrogen) atoms. The first-order valence-electron chi connectivity index (χ1n) is 7.61. The third-order valence-electron chi connectivity index (χ3n) is 4.08. The molecule has 3 heterocycles. The summed E-state index contributed by atoms with van der Waals surface area (Å²) in [5.41, 5.74) is 5.30. The van der Waals surface area contributed by atoms with Crippen LogP contribution in [0.2, 0.25) is 0 Å². The van der Waals surface area contributed by atoms with Crippen molar-refractivity contribution < 1.29 is 4.74 Å². The van der Waals surface area contributed by atoms with Crippen LogP contribution in [-0.2, 0) is 12.8 Å². The molecule has 0 bridgehead atoms. The van der Waals surface area contributed by atoms with E-state index in [-0.39, 0.29) is 6.10 Å². The SMILES string of the molecule is Cc1nc(C)c2c(n1)O[C@H](CN(C)CCc1scnc1C)C2. The zero-order valence-electron chi connectivity index (χ0n) is 13.6. The molecule has 0 amide bonds. The Bertz CT molecular complexity index is 670. The molecule has 1 atom stereocenters. The highest BCUT2D eigenvalue weighted by Gasteiger charge is 2.27. The fourth-order valence-corrected chi connectivity index (χ4v) is 3.63. The van der Waals surface area contributed by atoms with Gasteiger partial charge in [-0.15, -0.1) is 11.3 Å². The van der Waals surface area contributed by atoms with E-state index in [0.717, 1.165) is 49.0 Å². The van der Waals surface area contributed by atoms with Gasteiger partial charge in [-0.3, -0.25) is 0 Å². The van der Waals surface area contributed by atoms with Gasteiger partial charge in [-0.1, -0.05) is 0 Å². The van der Waals surface area contributed by atoms with Crippen LogP contribution in [0.3, 0.4) is 0 Å². The molecule has 5 nitrogen and oxygen atoms in total. The number of aromatic nitrogens is 3. The van der Waals surface area contributed by atoms with Gasteiger partial charge in [-0.05, 0) is 34.2 Å². The highest BCUT2D eigenvalue weighted by molar-refractivity contribution is 7.09. The quantitative estimate of drug-likeness (QED) is 0.847. The number of likely N-dealkylation sites (N-methyl/N-ethyl adjacent to an activating group) is 1. The topological polar surface area (TPSA) is 51.1 Å². The van der Waals surface area contributed by atoms with Gasteiger partial charge >= 0.3 is 0 Å². The number of hydrogen-bond acceptors (Lipinski definition) is 6. The molecule has 0 N–H and O–H groups in total. The monoisotopic (exact) mass is 318 g/mol. The van der Waals surface area contributed by atoms with Crippen molar-refractivity contribution in [1.82, 2.24) is 19.9 Å². The lowest BCUT2D eigenvalue weighted by Crippen LogP contribution is -2.33. The number of ether oxygens (including phenoxy) is 1. The van der Waals surface area contributed by atoms with Gasteiger partial charge in [0.15, 0.2) is 0 Å². The summed E-state index contributed by atoms with van der Waals surface area (Å²) in [6.07, 6.45) is 2.13. The molecule has 0 saturated heterocycles. The molecule has 2 aromatic heterocycles. The number of thiazole rings is 1. The van der Waals surface area contributed by atoms with E-state index in [9.17, 15) is 0 Å². The van der Waals surface area contributed by atoms with E-state index >= 15 is 0 Å². The number of rotatable bonds is 5. The van der Waals surface area contributed by atoms with Gasteiger partial charge in [0.2, 0.25) is 5.88 Å². The molecule has 0 radical (unpaired) electrons. The fourth-order valence-electron chi connectivity index (χ4n) is 2.86. The summed E-state index contributed by atoms with van der Waals surface area (Å²) in [4.78, 5) is 16.8. The van der Waals surface area contributed by atoms with Gasteiger partial charge in [-0.2, -0.15) is 4.98 Å². The summed E-state index contributed by atoms with van der Waals surface area (Å²) >= 11 is 1.74. The van der Waals surface area contributed by atoms with Gasteiger partial charge in [-0.25, -0.2) is 9.97 Å². The number of aryl methyl sites for hydroxylation is 3. The van der Waals surface area contributed by atoms with Crippen LogP contribution in [0.25, 0.3) is 0 Å². The van der Waals surface area contributed by atoms with Gasteiger partial charge in [0.1, 0.15) is 11.9 Å². The third-order valence-corrected chi connectivity index (χ3v) is 5.07. The Hall–Kier alpha value is -1.53. The zero-order valence-corrected chi connectivity index (χ0v) is 14.4. The smallest absolute Gasteiger partial charge is 0.220 e. The molecule has 1 aliphatic heterocycles. The van der Waals surface area contributed by atoms with Crippen LogP contribution in [-0.4, -0.2) is 46.1 Å². The summed E-state index contributed by atoms with van der Waals surface area (Å²) in [6, 6.07) is 0. The van der Waals surface area contributed by atoms with E-state index < -0.39 is 0 Å². The molecule has 118 valence electrons. The maximum absolute atomic E-state index is 6.00. The molecule has 1 aliphatic rings. The second kappa shape index (κ2) is 6.30. The minimum atomic E-state index is 0.178. The van der Waals surface area contributed by atoms with Crippen LogP contribution in [0.15, 0.2) is 5.51 Å². The summed E-state index contributed by atoms with van der Waals surface area (Å²) in [5.74, 6) is 1.56. The number of fused-ring (bicyclic) bond motifs is 1. The number of hydrogen-bond donors (Lipinski definition) is 0. The molecule has 0 spiro atoms. The number of nitrogens with zero attached hydrogens (tertiary/aromatic N) is 4. The molecule has 6 heteroatoms. The van der Waals surface area contributed by atoms with Crippen molar-refractivity contribution in [3.63, 3.8) is 0 Å². The maximum Gasteiger partial charge on any atom is 0.220 e. The largest absolute Gasteiger partial charge is 0.472 e. The predicted molar refractivity (Wildman–Crippen MR) is 87.7 cm³/mol. The lowest BCUT2D eigenvalue weighted by molar-refractivity contribution is 0.165. The van der Waals surface area contributed by atoms with E-state index in [1.165, 1.54) is 10.4 Å². The Morgan fingerprint density at radius 3 is 2.82 bits per heavy atom. The first-order chi connectivity index (χ1) is 10.5. The molecule has 3 rings (SSSR count). The average Bonchev–Trinajstić information content (AvgIpc) is 3.02. The van der Waals surface area contributed by atoms with Gasteiger partial charge in [0.05, 0.1) is 11.2 Å². The highest BCUT2D eigenvalue weighted by atomic mass is 32.1. The van der Waals surface area contributed by atoms with Gasteiger partial charge < -0.3 is 9.64 Å². The maximum atomic E-state index is 6.00. The van der Waals surface area contributed by atoms with E-state index in [2.05, 4.69) is 33.8 Å². The van der Waals surface area contributed by atoms with Gasteiger partial charge in [0.25, 0.3) is 0 Å². The van der Waals surface area contributed by atoms with E-state index in [4.69, 9.17) is 4.74 Å². The lowest BCUT2D eigenvalue weighted by Gasteiger charge is -2.20. The van der Waals surface area contributed by atoms with Gasteiger partial charge in [0, 0.05) is 35.6 Å². The van der Waals surface area contributed by atoms with Crippen molar-refractivity contribution >= 4 is 11.3 Å². The van der Waals surface area contributed by atoms with Crippen molar-refractivity contribution in [1.29, 1.82) is 0 Å². The highest BCUT2D eigenvalue weighted by Crippen LogP contribution is 2.28. The van der Waals surface area contributed by atoms with Crippen LogP contribution in [0.1, 0.15) is 27.7 Å². The first-order valence-corrected chi connectivity index (χ1v) is 8.49. The fraction of sp³-hybridized carbons (Fsp3) is 0.562. The molecule has 2 aromatic rings. The predicted octanol–water partition coefficient (Wildman–Crippen LogP) is 2.34. The minimum absolute atomic E-state index is 0.178. The Morgan fingerprint density at radius 1 is 1.27 bits per heavy atom. The van der Waals surface area contributed by atoms with Crippen molar-refractivity contribution in [3.8, 4) is 5.88 Å². The molecule has 0 aromatic carbocycles. The lowest BCUT2D eigenvalue weighted by atomic mass is 10.1. The summed E-state index contributed by atoms with van der Waals surface area (Å²) in [7, 11) is 2.15. The Labute approximate surface area is 135 Å². The Balaban J connectivity index is 1.54. The van der Waals surface area contributed by atoms with Crippen LogP contribution < -0.4 is 4.74 Å². The molecule has 0 fully saturated rings. The van der Waals surface area contributed by atoms with E-state index in [0.29, 0.717) is 0 Å². The Morgan fingerprint density at radius 2 is 2.09 bits per heavy atom. The van der Waals surface area contributed by atoms with Crippen LogP contribution in [0, 0.1) is 20.8 Å². The third kappa shape index (κ3) is 3.28. The summed E-state index contributed by atoms with van der Waals surface area (Å²) in [6.45, 7) is 7.95. The normalized spacial score (nSPS) is 16.9. The van der Waals surface area contributed by atoms with Crippen molar-refractivity contribution in [2.45, 2.75) is 39.7 Å². The molecule has 0 unspecified atom stereocenters. The van der Waals surface area contributed by atoms with E-state index in [1.807, 2.05) is 19.4 Å². The van der Waals surface area contributed by atoms with Crippen molar-refractivity contribution in [3.05, 3.63) is 33.2 Å². The molecular weight excluding hydrogens is 296 g/mol. The Kier molecular flexibility index (Phi) is 4.40. The van der Waals surface area contributed by atoms with E-state index in [1.54, 1.807) is 11.3 Å².